The average Bonchev–Trinajstić information content (AvgIpc) is 2.72. The first-order valence-corrected chi connectivity index (χ1v) is 7.07. The van der Waals surface area contributed by atoms with Gasteiger partial charge in [-0.05, 0) is 18.2 Å². The van der Waals surface area contributed by atoms with E-state index >= 15 is 0 Å². The molecule has 0 saturated carbocycles. The van der Waals surface area contributed by atoms with Crippen molar-refractivity contribution in [1.29, 1.82) is 0 Å². The summed E-state index contributed by atoms with van der Waals surface area (Å²) < 4.78 is 29.0. The lowest BCUT2D eigenvalue weighted by Crippen LogP contribution is -2.24. The topological polar surface area (TPSA) is 79.6 Å². The summed E-state index contributed by atoms with van der Waals surface area (Å²) in [7, 11) is -0.231. The number of carbonyl (C=O) groups excluding carboxylic acids is 1. The van der Waals surface area contributed by atoms with Gasteiger partial charge in [-0.1, -0.05) is 0 Å². The van der Waals surface area contributed by atoms with Crippen LogP contribution in [0.1, 0.15) is 11.5 Å². The standard InChI is InChI=1S/C11H16N2O4S/c1-12-11(14)7-6-9-4-5-10(17-9)8-13(2)18(3,15)16/h4-7H,8H2,1-3H3,(H,12,14)/b7-6+. The first-order chi connectivity index (χ1) is 8.32. The highest BCUT2D eigenvalue weighted by Crippen LogP contribution is 2.12. The second-order valence-corrected chi connectivity index (χ2v) is 5.86. The third-order valence-electron chi connectivity index (χ3n) is 2.27. The molecule has 0 aliphatic heterocycles. The Morgan fingerprint density at radius 3 is 2.72 bits per heavy atom. The Bertz CT molecular complexity index is 545. The van der Waals surface area contributed by atoms with Crippen LogP contribution in [-0.2, 0) is 21.4 Å². The first-order valence-electron chi connectivity index (χ1n) is 5.22. The van der Waals surface area contributed by atoms with Gasteiger partial charge >= 0.3 is 0 Å². The van der Waals surface area contributed by atoms with Crippen molar-refractivity contribution in [2.24, 2.45) is 0 Å². The zero-order valence-electron chi connectivity index (χ0n) is 10.5. The van der Waals surface area contributed by atoms with E-state index < -0.39 is 10.0 Å². The summed E-state index contributed by atoms with van der Waals surface area (Å²) >= 11 is 0. The number of rotatable bonds is 5. The van der Waals surface area contributed by atoms with Crippen LogP contribution in [0.5, 0.6) is 0 Å². The number of hydrogen-bond donors (Lipinski definition) is 1. The number of nitrogens with zero attached hydrogens (tertiary/aromatic N) is 1. The number of hydrogen-bond acceptors (Lipinski definition) is 4. The second kappa shape index (κ2) is 5.83. The molecule has 1 amide bonds. The van der Waals surface area contributed by atoms with Crippen LogP contribution in [0.4, 0.5) is 0 Å². The normalized spacial score (nSPS) is 12.2. The maximum Gasteiger partial charge on any atom is 0.243 e. The monoisotopic (exact) mass is 272 g/mol. The van der Waals surface area contributed by atoms with Gasteiger partial charge in [-0.3, -0.25) is 4.79 Å². The van der Waals surface area contributed by atoms with Crippen molar-refractivity contribution in [1.82, 2.24) is 9.62 Å². The van der Waals surface area contributed by atoms with Gasteiger partial charge in [0.05, 0.1) is 12.8 Å². The fourth-order valence-electron chi connectivity index (χ4n) is 1.15. The molecule has 1 N–H and O–H groups in total. The Kier molecular flexibility index (Phi) is 4.69. The molecule has 0 atom stereocenters. The summed E-state index contributed by atoms with van der Waals surface area (Å²) in [6.45, 7) is 0.159. The van der Waals surface area contributed by atoms with E-state index in [1.165, 1.54) is 30.6 Å². The van der Waals surface area contributed by atoms with Crippen LogP contribution in [0, 0.1) is 0 Å². The minimum Gasteiger partial charge on any atom is -0.460 e. The molecule has 0 saturated heterocycles. The number of furan rings is 1. The number of sulfonamides is 1. The highest BCUT2D eigenvalue weighted by Gasteiger charge is 2.13. The molecule has 0 spiro atoms. The fraction of sp³-hybridized carbons (Fsp3) is 0.364. The van der Waals surface area contributed by atoms with Crippen molar-refractivity contribution in [2.45, 2.75) is 6.54 Å². The lowest BCUT2D eigenvalue weighted by atomic mass is 10.4. The van der Waals surface area contributed by atoms with Crippen LogP contribution >= 0.6 is 0 Å². The van der Waals surface area contributed by atoms with Gasteiger partial charge in [0.25, 0.3) is 0 Å². The van der Waals surface area contributed by atoms with E-state index in [9.17, 15) is 13.2 Å². The van der Waals surface area contributed by atoms with E-state index in [4.69, 9.17) is 4.42 Å². The summed E-state index contributed by atoms with van der Waals surface area (Å²) in [5.41, 5.74) is 0. The Morgan fingerprint density at radius 2 is 2.17 bits per heavy atom. The van der Waals surface area contributed by atoms with Crippen LogP contribution in [-0.4, -0.2) is 39.0 Å². The van der Waals surface area contributed by atoms with Crippen molar-refractivity contribution in [2.75, 3.05) is 20.4 Å². The Hall–Kier alpha value is -1.60. The lowest BCUT2D eigenvalue weighted by molar-refractivity contribution is -0.115. The number of amides is 1. The van der Waals surface area contributed by atoms with Crippen molar-refractivity contribution in [3.05, 3.63) is 29.7 Å². The molecule has 6 nitrogen and oxygen atoms in total. The summed E-state index contributed by atoms with van der Waals surface area (Å²) in [5, 5.41) is 2.44. The van der Waals surface area contributed by atoms with Crippen molar-refractivity contribution >= 4 is 22.0 Å². The zero-order valence-corrected chi connectivity index (χ0v) is 11.3. The molecule has 18 heavy (non-hydrogen) atoms. The molecule has 7 heteroatoms. The van der Waals surface area contributed by atoms with Gasteiger partial charge in [-0.25, -0.2) is 8.42 Å². The molecule has 0 unspecified atom stereocenters. The average molecular weight is 272 g/mol. The lowest BCUT2D eigenvalue weighted by Gasteiger charge is -2.11. The molecule has 0 radical (unpaired) electrons. The largest absolute Gasteiger partial charge is 0.460 e. The molecule has 0 fully saturated rings. The van der Waals surface area contributed by atoms with Gasteiger partial charge in [0, 0.05) is 20.2 Å². The Labute approximate surface area is 106 Å². The number of likely N-dealkylation sites (N-methyl/N-ethyl adjacent to an activating group) is 1. The molecule has 0 aliphatic carbocycles. The molecule has 0 bridgehead atoms. The molecule has 1 rings (SSSR count). The van der Waals surface area contributed by atoms with E-state index in [2.05, 4.69) is 5.32 Å². The van der Waals surface area contributed by atoms with Gasteiger partial charge in [0.15, 0.2) is 0 Å². The van der Waals surface area contributed by atoms with Crippen LogP contribution < -0.4 is 5.32 Å². The Balaban J connectivity index is 2.70. The maximum atomic E-state index is 11.2. The van der Waals surface area contributed by atoms with Crippen LogP contribution in [0.25, 0.3) is 6.08 Å². The fourth-order valence-corrected chi connectivity index (χ4v) is 1.51. The number of nitrogens with one attached hydrogen (secondary N) is 1. The SMILES string of the molecule is CNC(=O)/C=C/c1ccc(CN(C)S(C)(=O)=O)o1. The second-order valence-electron chi connectivity index (χ2n) is 3.77. The van der Waals surface area contributed by atoms with Crippen LogP contribution in [0.3, 0.4) is 0 Å². The molecular formula is C11H16N2O4S. The molecule has 1 aromatic rings. The van der Waals surface area contributed by atoms with Gasteiger partial charge in [0.2, 0.25) is 15.9 Å². The molecule has 0 aliphatic rings. The molecule has 0 aromatic carbocycles. The van der Waals surface area contributed by atoms with E-state index in [0.717, 1.165) is 6.26 Å². The minimum absolute atomic E-state index is 0.159. The molecule has 1 aromatic heterocycles. The van der Waals surface area contributed by atoms with Crippen molar-refractivity contribution < 1.29 is 17.6 Å². The quantitative estimate of drug-likeness (QED) is 0.788. The summed E-state index contributed by atoms with van der Waals surface area (Å²) in [6.07, 6.45) is 3.98. The van der Waals surface area contributed by atoms with Gasteiger partial charge in [-0.2, -0.15) is 4.31 Å². The summed E-state index contributed by atoms with van der Waals surface area (Å²) in [5.74, 6) is 0.774. The molecule has 1 heterocycles. The van der Waals surface area contributed by atoms with E-state index in [-0.39, 0.29) is 12.5 Å². The van der Waals surface area contributed by atoms with Crippen LogP contribution in [0.2, 0.25) is 0 Å². The van der Waals surface area contributed by atoms with E-state index in [1.807, 2.05) is 0 Å². The maximum absolute atomic E-state index is 11.2. The van der Waals surface area contributed by atoms with Gasteiger partial charge in [0.1, 0.15) is 11.5 Å². The Morgan fingerprint density at radius 1 is 1.50 bits per heavy atom. The molecule has 100 valence electrons. The highest BCUT2D eigenvalue weighted by atomic mass is 32.2. The molecular weight excluding hydrogens is 256 g/mol. The van der Waals surface area contributed by atoms with E-state index in [0.29, 0.717) is 11.5 Å². The predicted octanol–water partition coefficient (Wildman–Crippen LogP) is 0.430. The summed E-state index contributed by atoms with van der Waals surface area (Å²) in [4.78, 5) is 11.0. The van der Waals surface area contributed by atoms with E-state index in [1.54, 1.807) is 12.1 Å². The minimum atomic E-state index is -3.23. The smallest absolute Gasteiger partial charge is 0.243 e. The third-order valence-corrected chi connectivity index (χ3v) is 3.53. The zero-order chi connectivity index (χ0) is 13.8. The van der Waals surface area contributed by atoms with Crippen LogP contribution in [0.15, 0.2) is 22.6 Å². The highest BCUT2D eigenvalue weighted by molar-refractivity contribution is 7.88. The summed E-state index contributed by atoms with van der Waals surface area (Å²) in [6, 6.07) is 3.34. The van der Waals surface area contributed by atoms with Crippen molar-refractivity contribution in [3.8, 4) is 0 Å². The predicted molar refractivity (Wildman–Crippen MR) is 68.1 cm³/mol. The van der Waals surface area contributed by atoms with Crippen molar-refractivity contribution in [3.63, 3.8) is 0 Å². The third kappa shape index (κ3) is 4.34. The van der Waals surface area contributed by atoms with Gasteiger partial charge < -0.3 is 9.73 Å². The first kappa shape index (κ1) is 14.5. The van der Waals surface area contributed by atoms with Gasteiger partial charge in [-0.15, -0.1) is 0 Å². The number of carbonyl (C=O) groups is 1.